The maximum atomic E-state index is 12.2. The monoisotopic (exact) mass is 246 g/mol. The smallest absolute Gasteiger partial charge is 0.163 e. The van der Waals surface area contributed by atoms with Gasteiger partial charge in [0.1, 0.15) is 0 Å². The lowest BCUT2D eigenvalue weighted by molar-refractivity contribution is 0.0945. The molecule has 18 heavy (non-hydrogen) atoms. The Morgan fingerprint density at radius 3 is 2.78 bits per heavy atom. The van der Waals surface area contributed by atoms with Crippen molar-refractivity contribution in [2.75, 3.05) is 13.2 Å². The first kappa shape index (κ1) is 13.3. The first-order chi connectivity index (χ1) is 8.83. The average Bonchev–Trinajstić information content (AvgIpc) is 2.33. The molecule has 1 aliphatic carbocycles. The van der Waals surface area contributed by atoms with Gasteiger partial charge in [-0.1, -0.05) is 30.7 Å². The number of hydrogen-bond acceptors (Lipinski definition) is 2. The van der Waals surface area contributed by atoms with E-state index in [1.54, 1.807) is 0 Å². The summed E-state index contributed by atoms with van der Waals surface area (Å²) >= 11 is 0. The fourth-order valence-corrected chi connectivity index (χ4v) is 2.44. The third kappa shape index (κ3) is 3.20. The SMILES string of the molecule is CCOCCCC(=O)c1ccccc1C1CCC1. The predicted molar refractivity (Wildman–Crippen MR) is 73.1 cm³/mol. The Morgan fingerprint density at radius 1 is 1.33 bits per heavy atom. The standard InChI is InChI=1S/C16H22O2/c1-2-18-12-6-11-16(17)15-10-4-3-9-14(15)13-7-5-8-13/h3-4,9-10,13H,2,5-8,11-12H2,1H3. The Morgan fingerprint density at radius 2 is 2.11 bits per heavy atom. The highest BCUT2D eigenvalue weighted by Gasteiger charge is 2.23. The molecule has 2 heteroatoms. The molecular formula is C16H22O2. The summed E-state index contributed by atoms with van der Waals surface area (Å²) < 4.78 is 5.28. The van der Waals surface area contributed by atoms with Crippen LogP contribution in [0.3, 0.4) is 0 Å². The molecule has 2 nitrogen and oxygen atoms in total. The summed E-state index contributed by atoms with van der Waals surface area (Å²) in [6.45, 7) is 3.40. The third-order valence-corrected chi connectivity index (χ3v) is 3.70. The lowest BCUT2D eigenvalue weighted by Gasteiger charge is -2.27. The normalized spacial score (nSPS) is 15.4. The van der Waals surface area contributed by atoms with Crippen molar-refractivity contribution < 1.29 is 9.53 Å². The van der Waals surface area contributed by atoms with Crippen LogP contribution in [0.1, 0.15) is 60.9 Å². The van der Waals surface area contributed by atoms with Gasteiger partial charge in [0.15, 0.2) is 5.78 Å². The fraction of sp³-hybridized carbons (Fsp3) is 0.562. The molecule has 0 heterocycles. The first-order valence-corrected chi connectivity index (χ1v) is 7.02. The molecule has 1 aromatic rings. The van der Waals surface area contributed by atoms with Crippen LogP contribution in [0.25, 0.3) is 0 Å². The average molecular weight is 246 g/mol. The second kappa shape index (κ2) is 6.69. The zero-order valence-electron chi connectivity index (χ0n) is 11.2. The van der Waals surface area contributed by atoms with Gasteiger partial charge < -0.3 is 4.74 Å². The van der Waals surface area contributed by atoms with Crippen LogP contribution in [0, 0.1) is 0 Å². The van der Waals surface area contributed by atoms with Gasteiger partial charge in [0.05, 0.1) is 0 Å². The van der Waals surface area contributed by atoms with Crippen LogP contribution in [0.5, 0.6) is 0 Å². The van der Waals surface area contributed by atoms with Gasteiger partial charge >= 0.3 is 0 Å². The van der Waals surface area contributed by atoms with Crippen molar-refractivity contribution in [3.05, 3.63) is 35.4 Å². The van der Waals surface area contributed by atoms with Crippen LogP contribution >= 0.6 is 0 Å². The number of hydrogen-bond donors (Lipinski definition) is 0. The third-order valence-electron chi connectivity index (χ3n) is 3.70. The van der Waals surface area contributed by atoms with Crippen LogP contribution in [-0.2, 0) is 4.74 Å². The molecule has 0 bridgehead atoms. The van der Waals surface area contributed by atoms with Gasteiger partial charge in [0, 0.05) is 25.2 Å². The number of benzene rings is 1. The molecule has 1 aromatic carbocycles. The summed E-state index contributed by atoms with van der Waals surface area (Å²) in [6.07, 6.45) is 5.21. The molecular weight excluding hydrogens is 224 g/mol. The number of rotatable bonds is 7. The van der Waals surface area contributed by atoms with E-state index >= 15 is 0 Å². The van der Waals surface area contributed by atoms with E-state index in [4.69, 9.17) is 4.74 Å². The number of ketones is 1. The van der Waals surface area contributed by atoms with Gasteiger partial charge in [-0.25, -0.2) is 0 Å². The minimum absolute atomic E-state index is 0.275. The fourth-order valence-electron chi connectivity index (χ4n) is 2.44. The van der Waals surface area contributed by atoms with Crippen molar-refractivity contribution in [2.24, 2.45) is 0 Å². The van der Waals surface area contributed by atoms with E-state index in [2.05, 4.69) is 6.07 Å². The second-order valence-electron chi connectivity index (χ2n) is 4.94. The summed E-state index contributed by atoms with van der Waals surface area (Å²) in [5, 5.41) is 0. The van der Waals surface area contributed by atoms with E-state index in [0.717, 1.165) is 18.6 Å². The highest BCUT2D eigenvalue weighted by molar-refractivity contribution is 5.97. The van der Waals surface area contributed by atoms with Crippen molar-refractivity contribution in [3.63, 3.8) is 0 Å². The number of carbonyl (C=O) groups excluding carboxylic acids is 1. The zero-order valence-corrected chi connectivity index (χ0v) is 11.2. The van der Waals surface area contributed by atoms with Gasteiger partial charge in [0.25, 0.3) is 0 Å². The van der Waals surface area contributed by atoms with E-state index in [9.17, 15) is 4.79 Å². The molecule has 0 saturated heterocycles. The van der Waals surface area contributed by atoms with Crippen molar-refractivity contribution in [3.8, 4) is 0 Å². The molecule has 1 fully saturated rings. The van der Waals surface area contributed by atoms with Gasteiger partial charge in [-0.3, -0.25) is 4.79 Å². The topological polar surface area (TPSA) is 26.3 Å². The Kier molecular flexibility index (Phi) is 4.94. The number of carbonyl (C=O) groups is 1. The van der Waals surface area contributed by atoms with Gasteiger partial charge in [-0.15, -0.1) is 0 Å². The minimum Gasteiger partial charge on any atom is -0.382 e. The lowest BCUT2D eigenvalue weighted by Crippen LogP contribution is -2.14. The molecule has 0 aliphatic heterocycles. The van der Waals surface area contributed by atoms with E-state index in [-0.39, 0.29) is 5.78 Å². The minimum atomic E-state index is 0.275. The molecule has 2 rings (SSSR count). The van der Waals surface area contributed by atoms with E-state index in [1.165, 1.54) is 24.8 Å². The Labute approximate surface area is 109 Å². The summed E-state index contributed by atoms with van der Waals surface area (Å²) in [6, 6.07) is 8.12. The van der Waals surface area contributed by atoms with E-state index in [1.807, 2.05) is 25.1 Å². The molecule has 0 spiro atoms. The lowest BCUT2D eigenvalue weighted by atomic mass is 9.77. The van der Waals surface area contributed by atoms with Gasteiger partial charge in [-0.2, -0.15) is 0 Å². The summed E-state index contributed by atoms with van der Waals surface area (Å²) in [5.74, 6) is 0.897. The molecule has 0 N–H and O–H groups in total. The van der Waals surface area contributed by atoms with Crippen molar-refractivity contribution >= 4 is 5.78 Å². The summed E-state index contributed by atoms with van der Waals surface area (Å²) in [4.78, 5) is 12.2. The highest BCUT2D eigenvalue weighted by Crippen LogP contribution is 2.38. The molecule has 98 valence electrons. The Hall–Kier alpha value is -1.15. The maximum Gasteiger partial charge on any atom is 0.163 e. The number of Topliss-reactive ketones (excluding diaryl/α,β-unsaturated/α-hetero) is 1. The number of ether oxygens (including phenoxy) is 1. The molecule has 0 amide bonds. The van der Waals surface area contributed by atoms with Crippen LogP contribution in [0.2, 0.25) is 0 Å². The van der Waals surface area contributed by atoms with E-state index < -0.39 is 0 Å². The first-order valence-electron chi connectivity index (χ1n) is 7.02. The molecule has 1 aliphatic rings. The molecule has 0 unspecified atom stereocenters. The van der Waals surface area contributed by atoms with Crippen molar-refractivity contribution in [1.29, 1.82) is 0 Å². The molecule has 1 saturated carbocycles. The highest BCUT2D eigenvalue weighted by atomic mass is 16.5. The van der Waals surface area contributed by atoms with Crippen LogP contribution in [0.4, 0.5) is 0 Å². The zero-order chi connectivity index (χ0) is 12.8. The second-order valence-corrected chi connectivity index (χ2v) is 4.94. The Balaban J connectivity index is 1.96. The summed E-state index contributed by atoms with van der Waals surface area (Å²) in [7, 11) is 0. The summed E-state index contributed by atoms with van der Waals surface area (Å²) in [5.41, 5.74) is 2.21. The van der Waals surface area contributed by atoms with E-state index in [0.29, 0.717) is 18.9 Å². The Bertz CT molecular complexity index is 394. The quantitative estimate of drug-likeness (QED) is 0.538. The maximum absolute atomic E-state index is 12.2. The van der Waals surface area contributed by atoms with Crippen LogP contribution in [0.15, 0.2) is 24.3 Å². The van der Waals surface area contributed by atoms with Crippen molar-refractivity contribution in [1.82, 2.24) is 0 Å². The largest absolute Gasteiger partial charge is 0.382 e. The van der Waals surface area contributed by atoms with Gasteiger partial charge in [-0.05, 0) is 37.7 Å². The van der Waals surface area contributed by atoms with Crippen LogP contribution in [-0.4, -0.2) is 19.0 Å². The van der Waals surface area contributed by atoms with Crippen LogP contribution < -0.4 is 0 Å². The molecule has 0 radical (unpaired) electrons. The van der Waals surface area contributed by atoms with Crippen molar-refractivity contribution in [2.45, 2.75) is 44.9 Å². The van der Waals surface area contributed by atoms with Gasteiger partial charge in [0.2, 0.25) is 0 Å². The molecule has 0 aromatic heterocycles. The molecule has 0 atom stereocenters. The predicted octanol–water partition coefficient (Wildman–Crippen LogP) is 3.95.